The van der Waals surface area contributed by atoms with Gasteiger partial charge < -0.3 is 14.8 Å². The summed E-state index contributed by atoms with van der Waals surface area (Å²) in [5.74, 6) is 0.0327. The predicted molar refractivity (Wildman–Crippen MR) is 110 cm³/mol. The monoisotopic (exact) mass is 434 g/mol. The first kappa shape index (κ1) is 23.2. The molecule has 0 aliphatic carbocycles. The van der Waals surface area contributed by atoms with E-state index in [2.05, 4.69) is 10.2 Å². The third kappa shape index (κ3) is 5.09. The van der Waals surface area contributed by atoms with Gasteiger partial charge in [-0.05, 0) is 50.9 Å². The van der Waals surface area contributed by atoms with Crippen molar-refractivity contribution in [1.29, 1.82) is 0 Å². The van der Waals surface area contributed by atoms with Crippen molar-refractivity contribution in [2.75, 3.05) is 32.7 Å². The summed E-state index contributed by atoms with van der Waals surface area (Å²) in [5, 5.41) is 3.32. The van der Waals surface area contributed by atoms with E-state index in [4.69, 9.17) is 9.47 Å². The van der Waals surface area contributed by atoms with Crippen LogP contribution in [0.2, 0.25) is 0 Å². The number of carbonyl (C=O) groups excluding carboxylic acids is 1. The Balaban J connectivity index is 0.00000140. The molecule has 1 unspecified atom stereocenters. The lowest BCUT2D eigenvalue weighted by atomic mass is 9.76. The molecule has 1 N–H and O–H groups in total. The largest absolute Gasteiger partial charge is 0.487 e. The number of hydrogen-bond acceptors (Lipinski definition) is 5. The van der Waals surface area contributed by atoms with Gasteiger partial charge in [-0.1, -0.05) is 12.1 Å². The Hall–Kier alpha value is -1.08. The summed E-state index contributed by atoms with van der Waals surface area (Å²) in [4.78, 5) is 14.7. The minimum Gasteiger partial charge on any atom is -0.487 e. The third-order valence-corrected chi connectivity index (χ3v) is 6.01. The Kier molecular flexibility index (Phi) is 8.37. The van der Waals surface area contributed by atoms with Crippen LogP contribution in [0, 0.1) is 11.2 Å². The molecule has 158 valence electrons. The Morgan fingerprint density at radius 2 is 1.86 bits per heavy atom. The summed E-state index contributed by atoms with van der Waals surface area (Å²) in [6, 6.07) is 6.56. The molecule has 0 bridgehead atoms. The predicted octanol–water partition coefficient (Wildman–Crippen LogP) is 3.20. The minimum atomic E-state index is -0.305. The molecule has 28 heavy (non-hydrogen) atoms. The zero-order valence-electron chi connectivity index (χ0n) is 15.9. The number of nitrogens with zero attached hydrogens (tertiary/aromatic N) is 1. The van der Waals surface area contributed by atoms with Crippen molar-refractivity contribution in [3.63, 3.8) is 0 Å². The number of piperidine rings is 2. The van der Waals surface area contributed by atoms with Gasteiger partial charge in [-0.15, -0.1) is 24.8 Å². The molecule has 3 fully saturated rings. The van der Waals surface area contributed by atoms with Gasteiger partial charge >= 0.3 is 5.97 Å². The molecule has 3 saturated heterocycles. The first-order valence-corrected chi connectivity index (χ1v) is 9.70. The van der Waals surface area contributed by atoms with Crippen molar-refractivity contribution in [2.45, 2.75) is 44.3 Å². The van der Waals surface area contributed by atoms with E-state index in [-0.39, 0.29) is 54.2 Å². The Morgan fingerprint density at radius 3 is 2.54 bits per heavy atom. The van der Waals surface area contributed by atoms with Gasteiger partial charge in [0.2, 0.25) is 0 Å². The quantitative estimate of drug-likeness (QED) is 0.737. The molecule has 1 aromatic rings. The highest BCUT2D eigenvalue weighted by Gasteiger charge is 2.49. The number of halogens is 3. The normalized spacial score (nSPS) is 24.9. The fourth-order valence-electron chi connectivity index (χ4n) is 4.47. The van der Waals surface area contributed by atoms with Crippen LogP contribution in [0.3, 0.4) is 0 Å². The molecule has 3 aliphatic heterocycles. The maximum Gasteiger partial charge on any atom is 0.312 e. The number of nitrogens with one attached hydrogen (secondary N) is 1. The molecule has 8 heteroatoms. The fourth-order valence-corrected chi connectivity index (χ4v) is 4.47. The highest BCUT2D eigenvalue weighted by Crippen LogP contribution is 2.41. The van der Waals surface area contributed by atoms with Crippen LogP contribution in [0.25, 0.3) is 0 Å². The van der Waals surface area contributed by atoms with Crippen LogP contribution in [0.4, 0.5) is 4.39 Å². The van der Waals surface area contributed by atoms with Gasteiger partial charge in [0, 0.05) is 26.1 Å². The van der Waals surface area contributed by atoms with Crippen molar-refractivity contribution in [3.05, 3.63) is 30.1 Å². The summed E-state index contributed by atoms with van der Waals surface area (Å²) in [5.41, 5.74) is -0.248. The van der Waals surface area contributed by atoms with Crippen LogP contribution < -0.4 is 10.1 Å². The number of para-hydroxylation sites is 1. The maximum absolute atomic E-state index is 13.7. The Labute approximate surface area is 178 Å². The Morgan fingerprint density at radius 1 is 1.18 bits per heavy atom. The molecule has 0 amide bonds. The van der Waals surface area contributed by atoms with E-state index < -0.39 is 0 Å². The number of esters is 1. The first-order valence-electron chi connectivity index (χ1n) is 9.70. The van der Waals surface area contributed by atoms with E-state index >= 15 is 0 Å². The number of likely N-dealkylation sites (tertiary alicyclic amines) is 1. The molecule has 1 aromatic carbocycles. The van der Waals surface area contributed by atoms with Crippen molar-refractivity contribution >= 4 is 30.8 Å². The molecular formula is C20H29Cl2FN2O3. The fraction of sp³-hybridized carbons (Fsp3) is 0.650. The van der Waals surface area contributed by atoms with E-state index in [1.165, 1.54) is 6.07 Å². The van der Waals surface area contributed by atoms with Crippen molar-refractivity contribution in [2.24, 2.45) is 5.41 Å². The highest BCUT2D eigenvalue weighted by molar-refractivity contribution is 5.85. The molecule has 4 rings (SSSR count). The number of benzene rings is 1. The van der Waals surface area contributed by atoms with Crippen LogP contribution in [-0.2, 0) is 9.53 Å². The van der Waals surface area contributed by atoms with Crippen LogP contribution in [0.15, 0.2) is 24.3 Å². The van der Waals surface area contributed by atoms with Crippen LogP contribution in [0.5, 0.6) is 5.75 Å². The van der Waals surface area contributed by atoms with E-state index in [1.807, 2.05) is 0 Å². The third-order valence-electron chi connectivity index (χ3n) is 6.01. The van der Waals surface area contributed by atoms with Gasteiger partial charge in [0.05, 0.1) is 5.41 Å². The molecule has 5 nitrogen and oxygen atoms in total. The van der Waals surface area contributed by atoms with Gasteiger partial charge in [-0.2, -0.15) is 0 Å². The van der Waals surface area contributed by atoms with E-state index in [0.29, 0.717) is 5.75 Å². The van der Waals surface area contributed by atoms with Crippen LogP contribution >= 0.6 is 24.8 Å². The molecule has 1 atom stereocenters. The number of hydrogen-bond donors (Lipinski definition) is 1. The van der Waals surface area contributed by atoms with Gasteiger partial charge in [-0.25, -0.2) is 4.39 Å². The smallest absolute Gasteiger partial charge is 0.312 e. The molecular weight excluding hydrogens is 406 g/mol. The molecule has 0 aromatic heterocycles. The second-order valence-electron chi connectivity index (χ2n) is 7.81. The van der Waals surface area contributed by atoms with Gasteiger partial charge in [0.1, 0.15) is 12.2 Å². The highest BCUT2D eigenvalue weighted by atomic mass is 35.5. The number of rotatable bonds is 4. The van der Waals surface area contributed by atoms with Crippen LogP contribution in [-0.4, -0.2) is 55.8 Å². The van der Waals surface area contributed by atoms with Crippen LogP contribution in [0.1, 0.15) is 32.1 Å². The molecule has 0 radical (unpaired) electrons. The van der Waals surface area contributed by atoms with E-state index in [1.54, 1.807) is 18.2 Å². The SMILES string of the molecule is Cl.Cl.O=C1OC(CN2CCC(Oc3ccccc3F)CC2)CC12CCNCC2. The lowest BCUT2D eigenvalue weighted by Gasteiger charge is -2.33. The molecule has 0 saturated carbocycles. The topological polar surface area (TPSA) is 50.8 Å². The molecule has 3 heterocycles. The van der Waals surface area contributed by atoms with Crippen molar-refractivity contribution < 1.29 is 18.7 Å². The average molecular weight is 435 g/mol. The van der Waals surface area contributed by atoms with Gasteiger partial charge in [0.25, 0.3) is 0 Å². The lowest BCUT2D eigenvalue weighted by molar-refractivity contribution is -0.150. The second kappa shape index (κ2) is 10.1. The summed E-state index contributed by atoms with van der Waals surface area (Å²) < 4.78 is 25.2. The molecule has 1 spiro atoms. The van der Waals surface area contributed by atoms with E-state index in [0.717, 1.165) is 64.8 Å². The summed E-state index contributed by atoms with van der Waals surface area (Å²) in [6.07, 6.45) is 4.41. The number of ether oxygens (including phenoxy) is 2. The van der Waals surface area contributed by atoms with Crippen molar-refractivity contribution in [1.82, 2.24) is 10.2 Å². The zero-order chi connectivity index (χ0) is 18.0. The number of cyclic esters (lactones) is 1. The van der Waals surface area contributed by atoms with Gasteiger partial charge in [0.15, 0.2) is 11.6 Å². The summed E-state index contributed by atoms with van der Waals surface area (Å²) in [7, 11) is 0. The standard InChI is InChI=1S/C20H27FN2O3.2ClH/c21-17-3-1-2-4-18(17)25-15-5-11-23(12-6-15)14-16-13-20(19(24)26-16)7-9-22-10-8-20;;/h1-4,15-16,22H,5-14H2;2*1H. The summed E-state index contributed by atoms with van der Waals surface area (Å²) >= 11 is 0. The lowest BCUT2D eigenvalue weighted by Crippen LogP contribution is -2.42. The average Bonchev–Trinajstić information content (AvgIpc) is 2.94. The maximum atomic E-state index is 13.7. The van der Waals surface area contributed by atoms with E-state index in [9.17, 15) is 9.18 Å². The molecule has 3 aliphatic rings. The van der Waals surface area contributed by atoms with Gasteiger partial charge in [-0.3, -0.25) is 9.69 Å². The number of carbonyl (C=O) groups is 1. The summed E-state index contributed by atoms with van der Waals surface area (Å²) in [6.45, 7) is 4.39. The second-order valence-corrected chi connectivity index (χ2v) is 7.81. The minimum absolute atomic E-state index is 0. The zero-order valence-corrected chi connectivity index (χ0v) is 17.5. The van der Waals surface area contributed by atoms with Crippen molar-refractivity contribution in [3.8, 4) is 5.75 Å². The first-order chi connectivity index (χ1) is 12.6. The Bertz CT molecular complexity index is 650.